The summed E-state index contributed by atoms with van der Waals surface area (Å²) in [5.74, 6) is 0.786. The van der Waals surface area contributed by atoms with Crippen molar-refractivity contribution in [2.75, 3.05) is 52.6 Å². The molecule has 0 bridgehead atoms. The van der Waals surface area contributed by atoms with Crippen molar-refractivity contribution in [3.05, 3.63) is 0 Å². The highest BCUT2D eigenvalue weighted by molar-refractivity contribution is 7.88. The molecule has 1 fully saturated rings. The maximum atomic E-state index is 11.5. The van der Waals surface area contributed by atoms with E-state index in [9.17, 15) is 8.42 Å². The summed E-state index contributed by atoms with van der Waals surface area (Å²) >= 11 is 0. The molecule has 25 heavy (non-hydrogen) atoms. The van der Waals surface area contributed by atoms with E-state index in [2.05, 4.69) is 27.4 Å². The van der Waals surface area contributed by atoms with Crippen LogP contribution >= 0.6 is 0 Å². The van der Waals surface area contributed by atoms with Gasteiger partial charge in [-0.05, 0) is 39.2 Å². The lowest BCUT2D eigenvalue weighted by atomic mass is 10.0. The number of piperidine rings is 1. The van der Waals surface area contributed by atoms with Crippen LogP contribution in [-0.2, 0) is 10.0 Å². The largest absolute Gasteiger partial charge is 0.356 e. The van der Waals surface area contributed by atoms with Crippen LogP contribution in [0.2, 0.25) is 0 Å². The van der Waals surface area contributed by atoms with Gasteiger partial charge in [0.15, 0.2) is 5.96 Å². The number of guanidine groups is 1. The van der Waals surface area contributed by atoms with Gasteiger partial charge in [-0.3, -0.25) is 4.99 Å². The standard InChI is InChI=1S/C17H37N5O2S/c1-5-22(25(4,23)24)15-9-12-20-17(18-3)19-11-8-14-21-13-7-6-10-16(21)2/h16H,5-15H2,1-4H3,(H2,18,19,20). The average Bonchev–Trinajstić information content (AvgIpc) is 2.57. The van der Waals surface area contributed by atoms with Gasteiger partial charge in [0.25, 0.3) is 0 Å². The molecule has 0 radical (unpaired) electrons. The van der Waals surface area contributed by atoms with Crippen LogP contribution in [0.1, 0.15) is 46.0 Å². The summed E-state index contributed by atoms with van der Waals surface area (Å²) in [5.41, 5.74) is 0. The molecule has 0 saturated carbocycles. The van der Waals surface area contributed by atoms with Crippen molar-refractivity contribution in [1.82, 2.24) is 19.8 Å². The van der Waals surface area contributed by atoms with Gasteiger partial charge >= 0.3 is 0 Å². The van der Waals surface area contributed by atoms with E-state index >= 15 is 0 Å². The van der Waals surface area contributed by atoms with E-state index in [1.54, 1.807) is 7.05 Å². The molecule has 1 aliphatic rings. The number of rotatable bonds is 10. The van der Waals surface area contributed by atoms with Gasteiger partial charge in [0.1, 0.15) is 0 Å². The Hall–Kier alpha value is -0.860. The van der Waals surface area contributed by atoms with Gasteiger partial charge in [-0.25, -0.2) is 12.7 Å². The smallest absolute Gasteiger partial charge is 0.211 e. The summed E-state index contributed by atoms with van der Waals surface area (Å²) < 4.78 is 24.6. The van der Waals surface area contributed by atoms with Gasteiger partial charge in [-0.1, -0.05) is 13.3 Å². The predicted octanol–water partition coefficient (Wildman–Crippen LogP) is 1.09. The Morgan fingerprint density at radius 3 is 2.48 bits per heavy atom. The highest BCUT2D eigenvalue weighted by Crippen LogP contribution is 2.15. The lowest BCUT2D eigenvalue weighted by molar-refractivity contribution is 0.159. The van der Waals surface area contributed by atoms with Crippen LogP contribution in [-0.4, -0.2) is 82.2 Å². The Morgan fingerprint density at radius 1 is 1.24 bits per heavy atom. The third kappa shape index (κ3) is 8.87. The number of likely N-dealkylation sites (tertiary alicyclic amines) is 1. The molecular weight excluding hydrogens is 338 g/mol. The van der Waals surface area contributed by atoms with Crippen molar-refractivity contribution in [2.45, 2.75) is 52.0 Å². The second-order valence-electron chi connectivity index (χ2n) is 6.77. The maximum absolute atomic E-state index is 11.5. The maximum Gasteiger partial charge on any atom is 0.211 e. The van der Waals surface area contributed by atoms with Crippen molar-refractivity contribution in [1.29, 1.82) is 0 Å². The van der Waals surface area contributed by atoms with E-state index in [4.69, 9.17) is 0 Å². The SMILES string of the molecule is CCN(CCCNC(=NC)NCCCN1CCCCC1C)S(C)(=O)=O. The Labute approximate surface area is 154 Å². The Balaban J connectivity index is 2.16. The lowest BCUT2D eigenvalue weighted by Crippen LogP contribution is -2.42. The minimum absolute atomic E-state index is 0.515. The van der Waals surface area contributed by atoms with Gasteiger partial charge in [0.05, 0.1) is 6.26 Å². The van der Waals surface area contributed by atoms with E-state index in [-0.39, 0.29) is 0 Å². The molecule has 2 N–H and O–H groups in total. The van der Waals surface area contributed by atoms with Crippen LogP contribution in [0.4, 0.5) is 0 Å². The molecule has 0 spiro atoms. The minimum atomic E-state index is -3.10. The molecule has 0 aromatic heterocycles. The number of hydrogen-bond donors (Lipinski definition) is 2. The van der Waals surface area contributed by atoms with Gasteiger partial charge < -0.3 is 15.5 Å². The first-order chi connectivity index (χ1) is 11.9. The van der Waals surface area contributed by atoms with Crippen LogP contribution in [0, 0.1) is 0 Å². The zero-order valence-electron chi connectivity index (χ0n) is 16.4. The fourth-order valence-electron chi connectivity index (χ4n) is 3.22. The normalized spacial score (nSPS) is 20.0. The summed E-state index contributed by atoms with van der Waals surface area (Å²) in [7, 11) is -1.34. The summed E-state index contributed by atoms with van der Waals surface area (Å²) in [6, 6.07) is 0.711. The van der Waals surface area contributed by atoms with Gasteiger partial charge in [-0.2, -0.15) is 0 Å². The molecule has 8 heteroatoms. The molecule has 148 valence electrons. The first-order valence-electron chi connectivity index (χ1n) is 9.52. The molecule has 7 nitrogen and oxygen atoms in total. The first-order valence-corrected chi connectivity index (χ1v) is 11.4. The minimum Gasteiger partial charge on any atom is -0.356 e. The molecule has 0 amide bonds. The van der Waals surface area contributed by atoms with Crippen LogP contribution in [0.5, 0.6) is 0 Å². The van der Waals surface area contributed by atoms with Gasteiger partial charge in [0, 0.05) is 45.8 Å². The molecule has 1 saturated heterocycles. The van der Waals surface area contributed by atoms with E-state index in [0.29, 0.717) is 25.7 Å². The number of nitrogens with zero attached hydrogens (tertiary/aromatic N) is 3. The fraction of sp³-hybridized carbons (Fsp3) is 0.941. The molecule has 1 aliphatic heterocycles. The zero-order chi connectivity index (χ0) is 18.7. The highest BCUT2D eigenvalue weighted by Gasteiger charge is 2.17. The van der Waals surface area contributed by atoms with Crippen molar-refractivity contribution in [2.24, 2.45) is 4.99 Å². The average molecular weight is 376 g/mol. The lowest BCUT2D eigenvalue weighted by Gasteiger charge is -2.33. The van der Waals surface area contributed by atoms with E-state index in [1.807, 2.05) is 6.92 Å². The third-order valence-corrected chi connectivity index (χ3v) is 6.16. The van der Waals surface area contributed by atoms with Crippen LogP contribution in [0.3, 0.4) is 0 Å². The van der Waals surface area contributed by atoms with E-state index < -0.39 is 10.0 Å². The van der Waals surface area contributed by atoms with Crippen LogP contribution in [0.15, 0.2) is 4.99 Å². The number of aliphatic imine (C=N–C) groups is 1. The fourth-order valence-corrected chi connectivity index (χ4v) is 4.15. The molecule has 1 unspecified atom stereocenters. The van der Waals surface area contributed by atoms with E-state index in [0.717, 1.165) is 31.9 Å². The Bertz CT molecular complexity index is 495. The topological polar surface area (TPSA) is 77.0 Å². The molecule has 1 heterocycles. The molecule has 0 aromatic rings. The third-order valence-electron chi connectivity index (χ3n) is 4.78. The Morgan fingerprint density at radius 2 is 1.92 bits per heavy atom. The summed E-state index contributed by atoms with van der Waals surface area (Å²) in [5, 5.41) is 6.59. The Kier molecular flexibility index (Phi) is 10.4. The van der Waals surface area contributed by atoms with Crippen LogP contribution < -0.4 is 10.6 Å². The van der Waals surface area contributed by atoms with E-state index in [1.165, 1.54) is 36.4 Å². The molecular formula is C17H37N5O2S. The first kappa shape index (κ1) is 22.2. The molecule has 1 atom stereocenters. The number of hydrogen-bond acceptors (Lipinski definition) is 4. The second kappa shape index (κ2) is 11.7. The predicted molar refractivity (Wildman–Crippen MR) is 106 cm³/mol. The summed E-state index contributed by atoms with van der Waals surface area (Å²) in [4.78, 5) is 6.80. The van der Waals surface area contributed by atoms with Crippen molar-refractivity contribution < 1.29 is 8.42 Å². The number of sulfonamides is 1. The molecule has 1 rings (SSSR count). The monoisotopic (exact) mass is 375 g/mol. The number of nitrogens with one attached hydrogen (secondary N) is 2. The van der Waals surface area contributed by atoms with Crippen molar-refractivity contribution in [3.8, 4) is 0 Å². The highest BCUT2D eigenvalue weighted by atomic mass is 32.2. The summed E-state index contributed by atoms with van der Waals surface area (Å²) in [6.45, 7) is 9.18. The molecule has 0 aliphatic carbocycles. The van der Waals surface area contributed by atoms with Crippen molar-refractivity contribution in [3.63, 3.8) is 0 Å². The zero-order valence-corrected chi connectivity index (χ0v) is 17.2. The van der Waals surface area contributed by atoms with Gasteiger partial charge in [-0.15, -0.1) is 0 Å². The summed E-state index contributed by atoms with van der Waals surface area (Å²) in [6.07, 6.45) is 7.12. The second-order valence-corrected chi connectivity index (χ2v) is 8.75. The quantitative estimate of drug-likeness (QED) is 0.340. The van der Waals surface area contributed by atoms with Gasteiger partial charge in [0.2, 0.25) is 10.0 Å². The molecule has 0 aromatic carbocycles. The van der Waals surface area contributed by atoms with Crippen molar-refractivity contribution >= 4 is 16.0 Å². The van der Waals surface area contributed by atoms with Crippen LogP contribution in [0.25, 0.3) is 0 Å².